The molecule has 0 aliphatic carbocycles. The van der Waals surface area contributed by atoms with Crippen molar-refractivity contribution >= 4 is 0 Å². The Bertz CT molecular complexity index is 103. The zero-order valence-corrected chi connectivity index (χ0v) is 12.2. The molecule has 0 aliphatic heterocycles. The largest absolute Gasteiger partial charge is 0.394 e. The first kappa shape index (κ1) is 20.3. The summed E-state index contributed by atoms with van der Waals surface area (Å²) in [6.45, 7) is 15.6. The number of hydrogen-bond acceptors (Lipinski definition) is 2. The van der Waals surface area contributed by atoms with Crippen LogP contribution in [-0.4, -0.2) is 35.7 Å². The van der Waals surface area contributed by atoms with Gasteiger partial charge in [0.15, 0.2) is 0 Å². The molecule has 15 heavy (non-hydrogen) atoms. The molecule has 0 fully saturated rings. The van der Waals surface area contributed by atoms with Crippen LogP contribution in [0.1, 0.15) is 61.3 Å². The van der Waals surface area contributed by atoms with Gasteiger partial charge in [0.1, 0.15) is 0 Å². The van der Waals surface area contributed by atoms with Crippen LogP contribution >= 0.6 is 0 Å². The molecule has 0 saturated heterocycles. The Balaban J connectivity index is -0.000000318. The lowest BCUT2D eigenvalue weighted by atomic mass is 10.1. The fourth-order valence-electron chi connectivity index (χ4n) is 0.819. The molecule has 2 heteroatoms. The van der Waals surface area contributed by atoms with Gasteiger partial charge in [0, 0.05) is 5.54 Å². The van der Waals surface area contributed by atoms with Gasteiger partial charge in [-0.3, -0.25) is 4.90 Å². The van der Waals surface area contributed by atoms with Crippen LogP contribution in [0.25, 0.3) is 0 Å². The number of aliphatic hydroxyl groups is 1. The Morgan fingerprint density at radius 1 is 1.07 bits per heavy atom. The summed E-state index contributed by atoms with van der Waals surface area (Å²) in [5.41, 5.74) is -0.0603. The highest BCUT2D eigenvalue weighted by molar-refractivity contribution is 4.77. The van der Waals surface area contributed by atoms with Crippen molar-refractivity contribution in [2.24, 2.45) is 0 Å². The van der Waals surface area contributed by atoms with E-state index in [9.17, 15) is 0 Å². The second-order valence-electron chi connectivity index (χ2n) is 3.75. The van der Waals surface area contributed by atoms with Crippen molar-refractivity contribution in [3.8, 4) is 0 Å². The van der Waals surface area contributed by atoms with E-state index < -0.39 is 0 Å². The summed E-state index contributed by atoms with van der Waals surface area (Å²) in [7, 11) is 2.06. The van der Waals surface area contributed by atoms with E-state index in [1.54, 1.807) is 0 Å². The summed E-state index contributed by atoms with van der Waals surface area (Å²) in [6.07, 6.45) is 2.42. The normalized spacial score (nSPS) is 10.0. The molecule has 0 heterocycles. The van der Waals surface area contributed by atoms with Crippen LogP contribution in [0, 0.1) is 0 Å². The van der Waals surface area contributed by atoms with Gasteiger partial charge in [0.25, 0.3) is 0 Å². The van der Waals surface area contributed by atoms with E-state index in [2.05, 4.69) is 32.7 Å². The first-order valence-electron chi connectivity index (χ1n) is 6.36. The summed E-state index contributed by atoms with van der Waals surface area (Å²) in [5, 5.41) is 9.02. The molecule has 0 amide bonds. The van der Waals surface area contributed by atoms with Crippen LogP contribution in [0.5, 0.6) is 0 Å². The highest BCUT2D eigenvalue weighted by atomic mass is 16.3. The molecule has 0 atom stereocenters. The lowest BCUT2D eigenvalue weighted by Crippen LogP contribution is -2.44. The smallest absolute Gasteiger partial charge is 0.0609 e. The molecular weight excluding hydrogens is 186 g/mol. The molecule has 0 bridgehead atoms. The Morgan fingerprint density at radius 3 is 1.73 bits per heavy atom. The Kier molecular flexibility index (Phi) is 18.9. The molecule has 0 spiro atoms. The molecule has 0 aromatic rings. The molecule has 1 N–H and O–H groups in total. The van der Waals surface area contributed by atoms with Gasteiger partial charge in [-0.15, -0.1) is 0 Å². The van der Waals surface area contributed by atoms with Crippen LogP contribution < -0.4 is 0 Å². The third kappa shape index (κ3) is 11.8. The molecule has 2 nitrogen and oxygen atoms in total. The average molecular weight is 219 g/mol. The van der Waals surface area contributed by atoms with Gasteiger partial charge in [0.05, 0.1) is 6.61 Å². The second kappa shape index (κ2) is 13.9. The second-order valence-corrected chi connectivity index (χ2v) is 3.75. The minimum atomic E-state index is -0.0603. The number of aliphatic hydroxyl groups excluding tert-OH is 1. The minimum absolute atomic E-state index is 0.0603. The predicted octanol–water partition coefficient (Wildman–Crippen LogP) is 3.54. The maximum absolute atomic E-state index is 9.02. The Labute approximate surface area is 97.7 Å². The van der Waals surface area contributed by atoms with E-state index >= 15 is 0 Å². The quantitative estimate of drug-likeness (QED) is 0.764. The standard InChI is InChI=1S/C9H21NO.2C2H6/c1-5-6-7-10(4)9(2,3)8-11;2*1-2/h11H,5-8H2,1-4H3;2*1-2H3. The minimum Gasteiger partial charge on any atom is -0.394 e. The summed E-state index contributed by atoms with van der Waals surface area (Å²) in [4.78, 5) is 2.20. The van der Waals surface area contributed by atoms with E-state index in [0.717, 1.165) is 6.54 Å². The first-order chi connectivity index (χ1) is 7.04. The summed E-state index contributed by atoms with van der Waals surface area (Å²) >= 11 is 0. The molecule has 96 valence electrons. The van der Waals surface area contributed by atoms with Gasteiger partial charge in [-0.05, 0) is 33.9 Å². The van der Waals surface area contributed by atoms with Gasteiger partial charge in [0.2, 0.25) is 0 Å². The van der Waals surface area contributed by atoms with Gasteiger partial charge in [-0.2, -0.15) is 0 Å². The molecule has 0 unspecified atom stereocenters. The molecule has 0 aromatic carbocycles. The SMILES string of the molecule is CC.CC.CCCCN(C)C(C)(C)CO. The molecule has 0 aromatic heterocycles. The third-order valence-electron chi connectivity index (χ3n) is 2.27. The number of likely N-dealkylation sites (N-methyl/N-ethyl adjacent to an activating group) is 1. The van der Waals surface area contributed by atoms with E-state index in [1.165, 1.54) is 12.8 Å². The Morgan fingerprint density at radius 2 is 1.47 bits per heavy atom. The number of rotatable bonds is 5. The molecule has 0 saturated carbocycles. The van der Waals surface area contributed by atoms with Crippen molar-refractivity contribution < 1.29 is 5.11 Å². The lowest BCUT2D eigenvalue weighted by molar-refractivity contribution is 0.0781. The lowest BCUT2D eigenvalue weighted by Gasteiger charge is -2.33. The molecule has 0 aliphatic rings. The van der Waals surface area contributed by atoms with Crippen LogP contribution in [0.2, 0.25) is 0 Å². The highest BCUT2D eigenvalue weighted by Crippen LogP contribution is 2.11. The van der Waals surface area contributed by atoms with Crippen molar-refractivity contribution in [1.29, 1.82) is 0 Å². The van der Waals surface area contributed by atoms with Gasteiger partial charge >= 0.3 is 0 Å². The van der Waals surface area contributed by atoms with Gasteiger partial charge < -0.3 is 5.11 Å². The van der Waals surface area contributed by atoms with E-state index in [4.69, 9.17) is 5.11 Å². The van der Waals surface area contributed by atoms with Crippen LogP contribution in [0.15, 0.2) is 0 Å². The topological polar surface area (TPSA) is 23.5 Å². The zero-order valence-electron chi connectivity index (χ0n) is 12.2. The van der Waals surface area contributed by atoms with E-state index in [-0.39, 0.29) is 12.1 Å². The maximum atomic E-state index is 9.02. The van der Waals surface area contributed by atoms with Crippen molar-refractivity contribution in [2.45, 2.75) is 66.8 Å². The monoisotopic (exact) mass is 219 g/mol. The summed E-state index contributed by atoms with van der Waals surface area (Å²) in [6, 6.07) is 0. The van der Waals surface area contributed by atoms with Crippen molar-refractivity contribution in [3.05, 3.63) is 0 Å². The average Bonchev–Trinajstić information content (AvgIpc) is 2.31. The number of unbranched alkanes of at least 4 members (excludes halogenated alkanes) is 1. The molecular formula is C13H33NO. The fraction of sp³-hybridized carbons (Fsp3) is 1.00. The first-order valence-corrected chi connectivity index (χ1v) is 6.36. The van der Waals surface area contributed by atoms with Crippen LogP contribution in [0.4, 0.5) is 0 Å². The third-order valence-corrected chi connectivity index (χ3v) is 2.27. The highest BCUT2D eigenvalue weighted by Gasteiger charge is 2.21. The van der Waals surface area contributed by atoms with Gasteiger partial charge in [-0.1, -0.05) is 41.0 Å². The van der Waals surface area contributed by atoms with E-state index in [1.807, 2.05) is 27.7 Å². The zero-order chi connectivity index (χ0) is 12.9. The fourth-order valence-corrected chi connectivity index (χ4v) is 0.819. The van der Waals surface area contributed by atoms with Crippen molar-refractivity contribution in [2.75, 3.05) is 20.2 Å². The number of nitrogens with zero attached hydrogens (tertiary/aromatic N) is 1. The number of hydrogen-bond donors (Lipinski definition) is 1. The van der Waals surface area contributed by atoms with Crippen molar-refractivity contribution in [1.82, 2.24) is 4.90 Å². The van der Waals surface area contributed by atoms with Crippen molar-refractivity contribution in [3.63, 3.8) is 0 Å². The predicted molar refractivity (Wildman–Crippen MR) is 71.4 cm³/mol. The molecule has 0 rings (SSSR count). The summed E-state index contributed by atoms with van der Waals surface area (Å²) in [5.74, 6) is 0. The van der Waals surface area contributed by atoms with E-state index in [0.29, 0.717) is 0 Å². The van der Waals surface area contributed by atoms with Crippen LogP contribution in [0.3, 0.4) is 0 Å². The maximum Gasteiger partial charge on any atom is 0.0609 e. The molecule has 0 radical (unpaired) electrons. The van der Waals surface area contributed by atoms with Crippen LogP contribution in [-0.2, 0) is 0 Å². The summed E-state index contributed by atoms with van der Waals surface area (Å²) < 4.78 is 0. The Hall–Kier alpha value is -0.0800. The van der Waals surface area contributed by atoms with Gasteiger partial charge in [-0.25, -0.2) is 0 Å².